The molecule has 4 N–H and O–H groups in total. The van der Waals surface area contributed by atoms with Crippen molar-refractivity contribution < 1.29 is 76.3 Å². The molecule has 582 valence electrons. The standard InChI is InChI=1S/C82H113N9O16/c1-78(2,3)105-75(93)88(48-55-35-23-17-24-36-55)58-45-59(89(76(94)106-79(4,5)6)49-56-37-25-18-26-38-56)66-69(104-82(103-66)41-29-20-30-42-82)65(58)100-74-63(90(77(95)107-80(7,8)9)50-57-39-27-19-28-40-57)68(64(92)60(99-74)47-84-46-54-33-21-16-22-34-54)97-44-32-15-13-12-14-31-43-96-51-61-67-70(102-81(10,11)101-67)73(98-61)91-53-87-62-71(83)85-52-86-72(62)91/h16-19,21-28,33-40,52-53,58-61,63-70,73-74,84,92H,12-15,20,29-32,41-51H2,1-11H3,(H2,83,85,86)/t58-,59+,60-,61-,63-,64-,65+,66-,67-,68-,69-,70-,73-,74-/m1/s1. The highest BCUT2D eigenvalue weighted by Gasteiger charge is 2.64. The van der Waals surface area contributed by atoms with Gasteiger partial charge < -0.3 is 73.0 Å². The highest BCUT2D eigenvalue weighted by Crippen LogP contribution is 2.50. The smallest absolute Gasteiger partial charge is 0.411 e. The first-order valence-electron chi connectivity index (χ1n) is 38.5. The van der Waals surface area contributed by atoms with E-state index in [9.17, 15) is 5.11 Å². The Labute approximate surface area is 630 Å². The molecule has 2 aromatic heterocycles. The number of hydrogen-bond donors (Lipinski definition) is 3. The van der Waals surface area contributed by atoms with E-state index in [1.165, 1.54) is 6.33 Å². The average molecular weight is 1480 g/mol. The van der Waals surface area contributed by atoms with Crippen LogP contribution < -0.4 is 11.1 Å². The molecule has 4 aliphatic heterocycles. The van der Waals surface area contributed by atoms with E-state index in [4.69, 9.17) is 62.6 Å². The average Bonchev–Trinajstić information content (AvgIpc) is 1.62. The Balaban J connectivity index is 0.851. The zero-order chi connectivity index (χ0) is 75.7. The minimum Gasteiger partial charge on any atom is -0.444 e. The number of nitrogens with two attached hydrogens (primary N) is 1. The lowest BCUT2D eigenvalue weighted by molar-refractivity contribution is -0.313. The molecule has 1 spiro atoms. The van der Waals surface area contributed by atoms with Crippen molar-refractivity contribution in [1.82, 2.24) is 39.5 Å². The highest BCUT2D eigenvalue weighted by molar-refractivity contribution is 5.81. The molecule has 2 saturated carbocycles. The number of nitrogen functional groups attached to an aromatic ring is 1. The van der Waals surface area contributed by atoms with Gasteiger partial charge in [-0.2, -0.15) is 0 Å². The Kier molecular flexibility index (Phi) is 25.6. The van der Waals surface area contributed by atoms with Gasteiger partial charge in [-0.25, -0.2) is 29.3 Å². The van der Waals surface area contributed by atoms with Crippen molar-refractivity contribution in [3.05, 3.63) is 156 Å². The third-order valence-corrected chi connectivity index (χ3v) is 20.4. The summed E-state index contributed by atoms with van der Waals surface area (Å²) in [5.74, 6) is -1.65. The molecule has 12 rings (SSSR count). The number of amides is 3. The molecule has 0 bridgehead atoms. The second-order valence-electron chi connectivity index (χ2n) is 32.8. The van der Waals surface area contributed by atoms with Gasteiger partial charge in [0.25, 0.3) is 0 Å². The number of unbranched alkanes of at least 4 members (excludes halogenated alkanes) is 5. The van der Waals surface area contributed by atoms with Gasteiger partial charge in [0.2, 0.25) is 0 Å². The summed E-state index contributed by atoms with van der Waals surface area (Å²) in [6, 6.07) is 36.0. The SMILES string of the molecule is CC(C)(C)OC(=O)N(Cc1ccccc1)[C@H]1[C@@H](O[C@@H]2[C@H]3OC4(CCCCC4)O[C@@H]3[C@@H](N(Cc3ccccc3)C(=O)OC(C)(C)C)C[C@H]2N(Cc2ccccc2)C(=O)OC(C)(C)C)O[C@H](CNCc2ccccc2)[C@@H](O)[C@@H]1OCCCCCCCCOC[C@H]1O[C@@H](n2cnc3c(N)ncnc32)[C@@H]2OC(C)(C)O[C@@H]21. The van der Waals surface area contributed by atoms with Crippen LogP contribution in [0.15, 0.2) is 134 Å². The number of nitrogens with zero attached hydrogens (tertiary/aromatic N) is 7. The normalized spacial score (nSPS) is 26.8. The van der Waals surface area contributed by atoms with Crippen LogP contribution >= 0.6 is 0 Å². The molecule has 6 aromatic rings. The minimum absolute atomic E-state index is 0.00543. The predicted octanol–water partition coefficient (Wildman–Crippen LogP) is 13.1. The quantitative estimate of drug-likeness (QED) is 0.0304. The molecule has 6 aliphatic rings. The van der Waals surface area contributed by atoms with Crippen LogP contribution in [0.4, 0.5) is 20.2 Å². The van der Waals surface area contributed by atoms with Crippen LogP contribution in [0.25, 0.3) is 11.2 Å². The summed E-state index contributed by atoms with van der Waals surface area (Å²) in [6.07, 6.45) is 0.281. The number of hydrogen-bond acceptors (Lipinski definition) is 21. The summed E-state index contributed by atoms with van der Waals surface area (Å²) in [7, 11) is 0. The number of carbonyl (C=O) groups is 3. The van der Waals surface area contributed by atoms with Gasteiger partial charge in [0.1, 0.15) is 89.6 Å². The van der Waals surface area contributed by atoms with E-state index in [2.05, 4.69) is 20.3 Å². The molecule has 6 heterocycles. The lowest BCUT2D eigenvalue weighted by atomic mass is 9.81. The molecule has 25 nitrogen and oxygen atoms in total. The Morgan fingerprint density at radius 2 is 1.09 bits per heavy atom. The van der Waals surface area contributed by atoms with E-state index in [1.54, 1.807) is 21.0 Å². The monoisotopic (exact) mass is 1480 g/mol. The number of ether oxygens (including phenoxy) is 12. The predicted molar refractivity (Wildman–Crippen MR) is 400 cm³/mol. The summed E-state index contributed by atoms with van der Waals surface area (Å²) in [4.78, 5) is 64.6. The largest absolute Gasteiger partial charge is 0.444 e. The van der Waals surface area contributed by atoms with Crippen LogP contribution in [-0.2, 0) is 83.0 Å². The molecule has 0 radical (unpaired) electrons. The number of aliphatic hydroxyl groups is 1. The first-order valence-corrected chi connectivity index (χ1v) is 38.5. The molecule has 4 saturated heterocycles. The van der Waals surface area contributed by atoms with Gasteiger partial charge in [0, 0.05) is 58.8 Å². The second-order valence-corrected chi connectivity index (χ2v) is 32.8. The maximum Gasteiger partial charge on any atom is 0.411 e. The van der Waals surface area contributed by atoms with E-state index in [0.29, 0.717) is 50.2 Å². The zero-order valence-electron chi connectivity index (χ0n) is 64.2. The number of aliphatic hydroxyl groups excluding tert-OH is 1. The summed E-state index contributed by atoms with van der Waals surface area (Å²) in [5.41, 5.74) is 7.78. The van der Waals surface area contributed by atoms with Crippen LogP contribution in [0.2, 0.25) is 0 Å². The number of aromatic nitrogens is 4. The van der Waals surface area contributed by atoms with E-state index >= 15 is 14.4 Å². The van der Waals surface area contributed by atoms with Crippen LogP contribution in [0.3, 0.4) is 0 Å². The van der Waals surface area contributed by atoms with Crippen LogP contribution in [-0.4, -0.2) is 192 Å². The first kappa shape index (κ1) is 79.2. The molecular formula is C82H113N9O16. The highest BCUT2D eigenvalue weighted by atomic mass is 16.8. The van der Waals surface area contributed by atoms with Gasteiger partial charge in [0.05, 0.1) is 25.0 Å². The molecular weight excluding hydrogens is 1370 g/mol. The van der Waals surface area contributed by atoms with Crippen LogP contribution in [0, 0.1) is 0 Å². The molecule has 3 amide bonds. The molecule has 6 fully saturated rings. The van der Waals surface area contributed by atoms with E-state index in [1.807, 2.05) is 202 Å². The van der Waals surface area contributed by atoms with E-state index in [-0.39, 0.29) is 51.1 Å². The lowest BCUT2D eigenvalue weighted by Crippen LogP contribution is -2.70. The van der Waals surface area contributed by atoms with Gasteiger partial charge in [0.15, 0.2) is 35.6 Å². The molecule has 107 heavy (non-hydrogen) atoms. The number of anilines is 1. The van der Waals surface area contributed by atoms with Gasteiger partial charge in [-0.3, -0.25) is 19.3 Å². The Bertz CT molecular complexity index is 3820. The fraction of sp³-hybridized carbons (Fsp3) is 0.610. The number of imidazole rings is 1. The third-order valence-electron chi connectivity index (χ3n) is 20.4. The zero-order valence-corrected chi connectivity index (χ0v) is 64.2. The number of nitrogens with one attached hydrogen (secondary N) is 1. The maximum atomic E-state index is 15.7. The van der Waals surface area contributed by atoms with Gasteiger partial charge in [-0.05, 0) is 131 Å². The van der Waals surface area contributed by atoms with Crippen molar-refractivity contribution in [3.8, 4) is 0 Å². The van der Waals surface area contributed by atoms with Crippen molar-refractivity contribution in [2.75, 3.05) is 32.1 Å². The number of fused-ring (bicyclic) bond motifs is 3. The van der Waals surface area contributed by atoms with Crippen LogP contribution in [0.1, 0.15) is 182 Å². The van der Waals surface area contributed by atoms with Gasteiger partial charge in [-0.15, -0.1) is 0 Å². The van der Waals surface area contributed by atoms with Crippen molar-refractivity contribution in [3.63, 3.8) is 0 Å². The second kappa shape index (κ2) is 34.7. The van der Waals surface area contributed by atoms with E-state index in [0.717, 1.165) is 73.6 Å². The third kappa shape index (κ3) is 20.4. The summed E-state index contributed by atoms with van der Waals surface area (Å²) >= 11 is 0. The Morgan fingerprint density at radius 3 is 1.67 bits per heavy atom. The van der Waals surface area contributed by atoms with Crippen molar-refractivity contribution in [2.45, 2.75) is 293 Å². The first-order chi connectivity index (χ1) is 51.2. The van der Waals surface area contributed by atoms with E-state index < -0.39 is 126 Å². The molecule has 4 aromatic carbocycles. The lowest BCUT2D eigenvalue weighted by Gasteiger charge is -2.53. The van der Waals surface area contributed by atoms with Gasteiger partial charge in [-0.1, -0.05) is 153 Å². The van der Waals surface area contributed by atoms with Gasteiger partial charge >= 0.3 is 18.3 Å². The number of benzene rings is 4. The molecule has 0 unspecified atom stereocenters. The summed E-state index contributed by atoms with van der Waals surface area (Å²) in [5, 5.41) is 16.8. The maximum absolute atomic E-state index is 15.7. The van der Waals surface area contributed by atoms with Crippen molar-refractivity contribution >= 4 is 35.3 Å². The summed E-state index contributed by atoms with van der Waals surface area (Å²) < 4.78 is 84.2. The van der Waals surface area contributed by atoms with Crippen molar-refractivity contribution in [2.24, 2.45) is 0 Å². The van der Waals surface area contributed by atoms with Crippen molar-refractivity contribution in [1.29, 1.82) is 0 Å². The number of rotatable bonds is 28. The fourth-order valence-corrected chi connectivity index (χ4v) is 15.6. The fourth-order valence-electron chi connectivity index (χ4n) is 15.6. The van der Waals surface area contributed by atoms with Crippen LogP contribution in [0.5, 0.6) is 0 Å². The Morgan fingerprint density at radius 1 is 0.579 bits per heavy atom. The minimum atomic E-state index is -1.43. The topological polar surface area (TPSA) is 274 Å². The Hall–Kier alpha value is -7.40. The molecule has 25 heteroatoms. The summed E-state index contributed by atoms with van der Waals surface area (Å²) in [6.45, 7) is 22.0. The molecule has 2 aliphatic carbocycles. The number of carbonyl (C=O) groups excluding carboxylic acids is 3. The molecule has 14 atom stereocenters.